The molecule has 0 spiro atoms. The summed E-state index contributed by atoms with van der Waals surface area (Å²) in [5, 5.41) is 0.457. The number of rotatable bonds is 11. The summed E-state index contributed by atoms with van der Waals surface area (Å²) in [6, 6.07) is 1.78. The Bertz CT molecular complexity index is 614. The normalized spacial score (nSPS) is 23.2. The van der Waals surface area contributed by atoms with Crippen LogP contribution >= 0.6 is 11.6 Å². The van der Waals surface area contributed by atoms with Crippen molar-refractivity contribution in [1.82, 2.24) is 4.98 Å². The van der Waals surface area contributed by atoms with E-state index in [1.54, 1.807) is 19.2 Å². The standard InChI is InChI=1S/C20H28ClNO4/c1-13(7-14(2)23)10-24-17-8-16(9-17)12-26-20-19(21)18(5-6-22-20)25-11-15-3-4-15/h5-6,13,15-17H,3-4,7-12H2,1-2H3/t13-,16?,17?/m1/s1. The van der Waals surface area contributed by atoms with Gasteiger partial charge in [0.05, 0.1) is 19.3 Å². The molecule has 144 valence electrons. The summed E-state index contributed by atoms with van der Waals surface area (Å²) in [5.41, 5.74) is 0. The molecule has 2 fully saturated rings. The monoisotopic (exact) mass is 381 g/mol. The van der Waals surface area contributed by atoms with E-state index >= 15 is 0 Å². The van der Waals surface area contributed by atoms with Gasteiger partial charge >= 0.3 is 0 Å². The lowest BCUT2D eigenvalue weighted by Gasteiger charge is -2.35. The number of Topliss-reactive ketones (excluding diaryl/α,β-unsaturated/α-hetero) is 1. The van der Waals surface area contributed by atoms with Crippen molar-refractivity contribution in [2.45, 2.75) is 52.1 Å². The van der Waals surface area contributed by atoms with Crippen LogP contribution in [0.2, 0.25) is 5.02 Å². The van der Waals surface area contributed by atoms with Gasteiger partial charge in [0.1, 0.15) is 16.6 Å². The van der Waals surface area contributed by atoms with Gasteiger partial charge in [-0.2, -0.15) is 0 Å². The van der Waals surface area contributed by atoms with Gasteiger partial charge in [0.15, 0.2) is 0 Å². The number of ether oxygens (including phenoxy) is 3. The lowest BCUT2D eigenvalue weighted by Crippen LogP contribution is -2.36. The summed E-state index contributed by atoms with van der Waals surface area (Å²) in [5.74, 6) is 2.72. The predicted molar refractivity (Wildman–Crippen MR) is 99.9 cm³/mol. The minimum Gasteiger partial charge on any atom is -0.491 e. The Hall–Kier alpha value is -1.33. The largest absolute Gasteiger partial charge is 0.491 e. The highest BCUT2D eigenvalue weighted by atomic mass is 35.5. The molecule has 5 nitrogen and oxygen atoms in total. The zero-order chi connectivity index (χ0) is 18.5. The second-order valence-corrected chi connectivity index (χ2v) is 8.18. The molecule has 6 heteroatoms. The van der Waals surface area contributed by atoms with Crippen molar-refractivity contribution in [2.75, 3.05) is 19.8 Å². The Balaban J connectivity index is 1.35. The summed E-state index contributed by atoms with van der Waals surface area (Å²) in [6.07, 6.45) is 6.96. The number of carbonyl (C=O) groups excluding carboxylic acids is 1. The van der Waals surface area contributed by atoms with Crippen LogP contribution in [0.25, 0.3) is 0 Å². The molecule has 0 amide bonds. The van der Waals surface area contributed by atoms with Crippen LogP contribution in [-0.2, 0) is 9.53 Å². The first-order chi connectivity index (χ1) is 12.5. The van der Waals surface area contributed by atoms with Crippen molar-refractivity contribution in [3.05, 3.63) is 17.3 Å². The third kappa shape index (κ3) is 5.85. The zero-order valence-electron chi connectivity index (χ0n) is 15.6. The fourth-order valence-corrected chi connectivity index (χ4v) is 3.33. The number of hydrogen-bond donors (Lipinski definition) is 0. The molecule has 0 unspecified atom stereocenters. The van der Waals surface area contributed by atoms with Crippen molar-refractivity contribution in [3.63, 3.8) is 0 Å². The Labute approximate surface area is 160 Å². The van der Waals surface area contributed by atoms with Crippen molar-refractivity contribution < 1.29 is 19.0 Å². The zero-order valence-corrected chi connectivity index (χ0v) is 16.3. The molecule has 1 heterocycles. The smallest absolute Gasteiger partial charge is 0.236 e. The van der Waals surface area contributed by atoms with Gasteiger partial charge in [-0.15, -0.1) is 0 Å². The molecule has 0 saturated heterocycles. The van der Waals surface area contributed by atoms with Crippen LogP contribution in [-0.4, -0.2) is 36.7 Å². The van der Waals surface area contributed by atoms with Gasteiger partial charge < -0.3 is 19.0 Å². The van der Waals surface area contributed by atoms with E-state index in [4.69, 9.17) is 25.8 Å². The second-order valence-electron chi connectivity index (χ2n) is 7.80. The first-order valence-electron chi connectivity index (χ1n) is 9.52. The Kier molecular flexibility index (Phi) is 6.76. The van der Waals surface area contributed by atoms with Crippen LogP contribution < -0.4 is 9.47 Å². The lowest BCUT2D eigenvalue weighted by molar-refractivity contribution is -0.119. The highest BCUT2D eigenvalue weighted by Gasteiger charge is 2.31. The molecule has 1 aromatic heterocycles. The molecule has 0 radical (unpaired) electrons. The van der Waals surface area contributed by atoms with E-state index in [0.717, 1.165) is 12.8 Å². The first kappa shape index (κ1) is 19.4. The number of pyridine rings is 1. The molecule has 1 aromatic rings. The maximum absolute atomic E-state index is 11.1. The minimum atomic E-state index is 0.216. The lowest BCUT2D eigenvalue weighted by atomic mass is 9.83. The van der Waals surface area contributed by atoms with E-state index in [2.05, 4.69) is 4.98 Å². The molecular formula is C20H28ClNO4. The Morgan fingerprint density at radius 2 is 2.00 bits per heavy atom. The average molecular weight is 382 g/mol. The number of halogens is 1. The van der Waals surface area contributed by atoms with Crippen LogP contribution in [0.4, 0.5) is 0 Å². The van der Waals surface area contributed by atoms with Gasteiger partial charge in [0.25, 0.3) is 0 Å². The number of ketones is 1. The molecule has 26 heavy (non-hydrogen) atoms. The van der Waals surface area contributed by atoms with Crippen LogP contribution in [0.15, 0.2) is 12.3 Å². The predicted octanol–water partition coefficient (Wildman–Crippen LogP) is 4.31. The molecule has 0 N–H and O–H groups in total. The van der Waals surface area contributed by atoms with Crippen molar-refractivity contribution >= 4 is 17.4 Å². The van der Waals surface area contributed by atoms with Crippen molar-refractivity contribution in [1.29, 1.82) is 0 Å². The molecule has 3 rings (SSSR count). The van der Waals surface area contributed by atoms with Gasteiger partial charge in [-0.1, -0.05) is 18.5 Å². The van der Waals surface area contributed by atoms with E-state index < -0.39 is 0 Å². The van der Waals surface area contributed by atoms with Gasteiger partial charge in [-0.05, 0) is 50.4 Å². The summed E-state index contributed by atoms with van der Waals surface area (Å²) in [6.45, 7) is 5.62. The molecule has 1 atom stereocenters. The minimum absolute atomic E-state index is 0.216. The molecule has 2 aliphatic rings. The number of hydrogen-bond acceptors (Lipinski definition) is 5. The maximum atomic E-state index is 11.1. The van der Waals surface area contributed by atoms with E-state index in [-0.39, 0.29) is 17.8 Å². The second kappa shape index (κ2) is 9.05. The molecule has 0 aromatic carbocycles. The summed E-state index contributed by atoms with van der Waals surface area (Å²) in [4.78, 5) is 15.3. The molecule has 0 bridgehead atoms. The van der Waals surface area contributed by atoms with Gasteiger partial charge in [-0.3, -0.25) is 0 Å². The number of carbonyl (C=O) groups is 1. The highest BCUT2D eigenvalue weighted by Crippen LogP contribution is 2.36. The van der Waals surface area contributed by atoms with Crippen molar-refractivity contribution in [3.8, 4) is 11.6 Å². The van der Waals surface area contributed by atoms with Gasteiger partial charge in [0.2, 0.25) is 5.88 Å². The molecule has 0 aliphatic heterocycles. The number of aromatic nitrogens is 1. The summed E-state index contributed by atoms with van der Waals surface area (Å²) < 4.78 is 17.4. The van der Waals surface area contributed by atoms with Gasteiger partial charge in [0, 0.05) is 25.3 Å². The fourth-order valence-electron chi connectivity index (χ4n) is 3.11. The van der Waals surface area contributed by atoms with Crippen LogP contribution in [0, 0.1) is 17.8 Å². The highest BCUT2D eigenvalue weighted by molar-refractivity contribution is 6.33. The van der Waals surface area contributed by atoms with Crippen LogP contribution in [0.5, 0.6) is 11.6 Å². The first-order valence-corrected chi connectivity index (χ1v) is 9.90. The third-order valence-corrected chi connectivity index (χ3v) is 5.24. The summed E-state index contributed by atoms with van der Waals surface area (Å²) >= 11 is 6.35. The quantitative estimate of drug-likeness (QED) is 0.571. The van der Waals surface area contributed by atoms with E-state index in [0.29, 0.717) is 54.7 Å². The average Bonchev–Trinajstić information content (AvgIpc) is 3.36. The molecule has 2 saturated carbocycles. The fraction of sp³-hybridized carbons (Fsp3) is 0.700. The van der Waals surface area contributed by atoms with Crippen LogP contribution in [0.3, 0.4) is 0 Å². The Morgan fingerprint density at radius 1 is 1.27 bits per heavy atom. The van der Waals surface area contributed by atoms with Gasteiger partial charge in [-0.25, -0.2) is 4.98 Å². The number of nitrogens with zero attached hydrogens (tertiary/aromatic N) is 1. The molecular weight excluding hydrogens is 354 g/mol. The topological polar surface area (TPSA) is 57.7 Å². The Morgan fingerprint density at radius 3 is 2.69 bits per heavy atom. The van der Waals surface area contributed by atoms with Crippen LogP contribution in [0.1, 0.15) is 46.0 Å². The van der Waals surface area contributed by atoms with Crippen molar-refractivity contribution in [2.24, 2.45) is 17.8 Å². The van der Waals surface area contributed by atoms with E-state index in [1.165, 1.54) is 12.8 Å². The third-order valence-electron chi connectivity index (χ3n) is 4.89. The maximum Gasteiger partial charge on any atom is 0.236 e. The van der Waals surface area contributed by atoms with E-state index in [9.17, 15) is 4.79 Å². The molecule has 2 aliphatic carbocycles. The summed E-state index contributed by atoms with van der Waals surface area (Å²) in [7, 11) is 0. The van der Waals surface area contributed by atoms with E-state index in [1.807, 2.05) is 6.92 Å². The SMILES string of the molecule is CC(=O)C[C@@H](C)COC1CC(COc2nccc(OCC3CC3)c2Cl)C1.